The third kappa shape index (κ3) is 2.86. The molecular formula is C17H14N2O6S. The second kappa shape index (κ2) is 6.03. The number of sulfonamides is 1. The van der Waals surface area contributed by atoms with E-state index in [1.165, 1.54) is 30.3 Å². The normalized spacial score (nSPS) is 16.2. The zero-order valence-electron chi connectivity index (χ0n) is 13.5. The number of rotatable bonds is 4. The van der Waals surface area contributed by atoms with Crippen molar-refractivity contribution in [3.63, 3.8) is 0 Å². The standard InChI is InChI=1S/C17H14N2O6S/c20-16-7-8-17(21)19(16)12-2-4-13(5-3-12)26(22,23)18-11-1-6-14-15(9-11)25-10-24-14/h1-6,9,18H,7-8,10H2. The molecule has 0 bridgehead atoms. The second-order valence-electron chi connectivity index (χ2n) is 5.79. The summed E-state index contributed by atoms with van der Waals surface area (Å²) >= 11 is 0. The number of hydrogen-bond acceptors (Lipinski definition) is 6. The van der Waals surface area contributed by atoms with Crippen LogP contribution in [0.25, 0.3) is 0 Å². The lowest BCUT2D eigenvalue weighted by Gasteiger charge is -2.14. The number of imide groups is 1. The average Bonchev–Trinajstić information content (AvgIpc) is 3.20. The SMILES string of the molecule is O=C1CCC(=O)N1c1ccc(S(=O)(=O)Nc2ccc3c(c2)OCO3)cc1. The van der Waals surface area contributed by atoms with Crippen molar-refractivity contribution in [2.45, 2.75) is 17.7 Å². The molecule has 8 nitrogen and oxygen atoms in total. The van der Waals surface area contributed by atoms with Crippen LogP contribution in [0.3, 0.4) is 0 Å². The first-order chi connectivity index (χ1) is 12.4. The van der Waals surface area contributed by atoms with E-state index in [9.17, 15) is 18.0 Å². The van der Waals surface area contributed by atoms with Crippen LogP contribution >= 0.6 is 0 Å². The molecule has 0 unspecified atom stereocenters. The number of amides is 2. The van der Waals surface area contributed by atoms with Gasteiger partial charge in [0.2, 0.25) is 18.6 Å². The lowest BCUT2D eigenvalue weighted by Crippen LogP contribution is -2.28. The molecule has 1 fully saturated rings. The first-order valence-corrected chi connectivity index (χ1v) is 9.31. The van der Waals surface area contributed by atoms with Gasteiger partial charge in [0.15, 0.2) is 11.5 Å². The Morgan fingerprint density at radius 2 is 1.54 bits per heavy atom. The van der Waals surface area contributed by atoms with Crippen LogP contribution in [0, 0.1) is 0 Å². The van der Waals surface area contributed by atoms with Crippen LogP contribution in [0.15, 0.2) is 47.4 Å². The van der Waals surface area contributed by atoms with Crippen LogP contribution in [0.1, 0.15) is 12.8 Å². The van der Waals surface area contributed by atoms with Crippen molar-refractivity contribution in [3.05, 3.63) is 42.5 Å². The predicted octanol–water partition coefficient (Wildman–Crippen LogP) is 1.87. The third-order valence-electron chi connectivity index (χ3n) is 4.08. The molecular weight excluding hydrogens is 360 g/mol. The van der Waals surface area contributed by atoms with Crippen molar-refractivity contribution in [1.29, 1.82) is 0 Å². The smallest absolute Gasteiger partial charge is 0.261 e. The van der Waals surface area contributed by atoms with Crippen LogP contribution < -0.4 is 19.1 Å². The van der Waals surface area contributed by atoms with Crippen molar-refractivity contribution in [1.82, 2.24) is 0 Å². The maximum Gasteiger partial charge on any atom is 0.261 e. The highest BCUT2D eigenvalue weighted by Gasteiger charge is 2.30. The summed E-state index contributed by atoms with van der Waals surface area (Å²) in [5.41, 5.74) is 0.697. The Hall–Kier alpha value is -3.07. The monoisotopic (exact) mass is 374 g/mol. The second-order valence-corrected chi connectivity index (χ2v) is 7.47. The number of carbonyl (C=O) groups excluding carboxylic acids is 2. The number of hydrogen-bond donors (Lipinski definition) is 1. The minimum atomic E-state index is -3.83. The van der Waals surface area contributed by atoms with Crippen molar-refractivity contribution in [2.75, 3.05) is 16.4 Å². The Bertz CT molecular complexity index is 984. The maximum atomic E-state index is 12.5. The quantitative estimate of drug-likeness (QED) is 0.820. The predicted molar refractivity (Wildman–Crippen MR) is 91.5 cm³/mol. The van der Waals surface area contributed by atoms with Gasteiger partial charge in [-0.05, 0) is 36.4 Å². The fraction of sp³-hybridized carbons (Fsp3) is 0.176. The van der Waals surface area contributed by atoms with E-state index in [1.54, 1.807) is 12.1 Å². The average molecular weight is 374 g/mol. The number of ether oxygens (including phenoxy) is 2. The molecule has 2 aliphatic heterocycles. The van der Waals surface area contributed by atoms with Crippen LogP contribution in [-0.2, 0) is 19.6 Å². The Balaban J connectivity index is 1.56. The van der Waals surface area contributed by atoms with Gasteiger partial charge in [-0.2, -0.15) is 0 Å². The lowest BCUT2D eigenvalue weighted by atomic mass is 10.3. The molecule has 0 saturated carbocycles. The van der Waals surface area contributed by atoms with E-state index < -0.39 is 10.0 Å². The highest BCUT2D eigenvalue weighted by Crippen LogP contribution is 2.35. The van der Waals surface area contributed by atoms with Crippen LogP contribution in [0.2, 0.25) is 0 Å². The summed E-state index contributed by atoms with van der Waals surface area (Å²) in [4.78, 5) is 24.6. The van der Waals surface area contributed by atoms with Gasteiger partial charge in [0.05, 0.1) is 16.3 Å². The van der Waals surface area contributed by atoms with E-state index in [1.807, 2.05) is 0 Å². The Morgan fingerprint density at radius 3 is 2.23 bits per heavy atom. The maximum absolute atomic E-state index is 12.5. The molecule has 2 heterocycles. The van der Waals surface area contributed by atoms with Crippen molar-refractivity contribution >= 4 is 33.2 Å². The molecule has 1 N–H and O–H groups in total. The zero-order valence-corrected chi connectivity index (χ0v) is 14.3. The summed E-state index contributed by atoms with van der Waals surface area (Å²) in [6.45, 7) is 0.0982. The topological polar surface area (TPSA) is 102 Å². The first kappa shape index (κ1) is 16.4. The molecule has 26 heavy (non-hydrogen) atoms. The van der Waals surface area contributed by atoms with Gasteiger partial charge in [0, 0.05) is 18.9 Å². The summed E-state index contributed by atoms with van der Waals surface area (Å²) in [6.07, 6.45) is 0.342. The number of carbonyl (C=O) groups is 2. The summed E-state index contributed by atoms with van der Waals surface area (Å²) in [6, 6.07) is 10.3. The molecule has 1 saturated heterocycles. The van der Waals surface area contributed by atoms with Gasteiger partial charge < -0.3 is 9.47 Å². The van der Waals surface area contributed by atoms with Gasteiger partial charge in [-0.25, -0.2) is 8.42 Å². The minimum Gasteiger partial charge on any atom is -0.454 e. The van der Waals surface area contributed by atoms with Crippen molar-refractivity contribution < 1.29 is 27.5 Å². The summed E-state index contributed by atoms with van der Waals surface area (Å²) in [7, 11) is -3.83. The molecule has 0 aliphatic carbocycles. The fourth-order valence-corrected chi connectivity index (χ4v) is 3.86. The van der Waals surface area contributed by atoms with Crippen molar-refractivity contribution in [3.8, 4) is 11.5 Å². The van der Waals surface area contributed by atoms with Crippen LogP contribution in [0.5, 0.6) is 11.5 Å². The van der Waals surface area contributed by atoms with E-state index in [0.717, 1.165) is 4.90 Å². The first-order valence-electron chi connectivity index (χ1n) is 7.82. The highest BCUT2D eigenvalue weighted by molar-refractivity contribution is 7.92. The minimum absolute atomic E-state index is 0.0120. The van der Waals surface area contributed by atoms with Gasteiger partial charge >= 0.3 is 0 Å². The molecule has 2 aromatic carbocycles. The summed E-state index contributed by atoms with van der Waals surface area (Å²) in [5.74, 6) is 0.442. The number of nitrogens with zero attached hydrogens (tertiary/aromatic N) is 1. The molecule has 4 rings (SSSR count). The number of anilines is 2. The molecule has 2 aliphatic rings. The number of fused-ring (bicyclic) bond motifs is 1. The number of nitrogens with one attached hydrogen (secondary N) is 1. The van der Waals surface area contributed by atoms with Gasteiger partial charge in [-0.3, -0.25) is 19.2 Å². The van der Waals surface area contributed by atoms with E-state index in [0.29, 0.717) is 22.9 Å². The Morgan fingerprint density at radius 1 is 0.885 bits per heavy atom. The van der Waals surface area contributed by atoms with Crippen molar-refractivity contribution in [2.24, 2.45) is 0 Å². The molecule has 2 amide bonds. The van der Waals surface area contributed by atoms with E-state index in [2.05, 4.69) is 4.72 Å². The van der Waals surface area contributed by atoms with Gasteiger partial charge in [0.25, 0.3) is 10.0 Å². The molecule has 2 aromatic rings. The fourth-order valence-electron chi connectivity index (χ4n) is 2.81. The molecule has 0 aromatic heterocycles. The van der Waals surface area contributed by atoms with E-state index >= 15 is 0 Å². The largest absolute Gasteiger partial charge is 0.454 e. The number of benzene rings is 2. The molecule has 0 atom stereocenters. The molecule has 134 valence electrons. The Kier molecular flexibility index (Phi) is 3.80. The van der Waals surface area contributed by atoms with Gasteiger partial charge in [0.1, 0.15) is 0 Å². The van der Waals surface area contributed by atoms with Gasteiger partial charge in [-0.15, -0.1) is 0 Å². The summed E-state index contributed by atoms with van der Waals surface area (Å²) in [5, 5.41) is 0. The highest BCUT2D eigenvalue weighted by atomic mass is 32.2. The van der Waals surface area contributed by atoms with Crippen LogP contribution in [0.4, 0.5) is 11.4 Å². The molecule has 0 radical (unpaired) electrons. The Labute approximate surface area is 149 Å². The molecule has 0 spiro atoms. The zero-order chi connectivity index (χ0) is 18.3. The van der Waals surface area contributed by atoms with E-state index in [-0.39, 0.29) is 36.3 Å². The summed E-state index contributed by atoms with van der Waals surface area (Å²) < 4.78 is 37.9. The van der Waals surface area contributed by atoms with Crippen LogP contribution in [-0.4, -0.2) is 27.0 Å². The molecule has 9 heteroatoms. The third-order valence-corrected chi connectivity index (χ3v) is 5.48. The lowest BCUT2D eigenvalue weighted by molar-refractivity contribution is -0.121. The van der Waals surface area contributed by atoms with E-state index in [4.69, 9.17) is 9.47 Å². The van der Waals surface area contributed by atoms with Gasteiger partial charge in [-0.1, -0.05) is 0 Å².